The van der Waals surface area contributed by atoms with Crippen LogP contribution in [0, 0.1) is 0 Å². The van der Waals surface area contributed by atoms with E-state index in [1.165, 1.54) is 0 Å². The molecular weight excluding hydrogens is 168 g/mol. The zero-order valence-corrected chi connectivity index (χ0v) is 10.6. The van der Waals surface area contributed by atoms with Crippen molar-refractivity contribution in [2.75, 3.05) is 0 Å². The SMILES string of the molecule is C[Si](C)(C)[C@H]1O[C@@H]1[Si](C)(C)C. The molecule has 0 aliphatic carbocycles. The Hall–Kier alpha value is 0.394. The van der Waals surface area contributed by atoms with Gasteiger partial charge >= 0.3 is 0 Å². The van der Waals surface area contributed by atoms with Gasteiger partial charge in [0.15, 0.2) is 0 Å². The van der Waals surface area contributed by atoms with Crippen LogP contribution in [0.1, 0.15) is 0 Å². The molecule has 1 saturated heterocycles. The first-order chi connectivity index (χ1) is 4.73. The van der Waals surface area contributed by atoms with E-state index in [1.54, 1.807) is 0 Å². The first-order valence-electron chi connectivity index (χ1n) is 4.38. The van der Waals surface area contributed by atoms with Gasteiger partial charge in [0.2, 0.25) is 0 Å². The van der Waals surface area contributed by atoms with E-state index in [4.69, 9.17) is 4.74 Å². The number of hydrogen-bond acceptors (Lipinski definition) is 1. The molecule has 2 atom stereocenters. The van der Waals surface area contributed by atoms with Gasteiger partial charge in [-0.3, -0.25) is 0 Å². The predicted molar refractivity (Wildman–Crippen MR) is 55.4 cm³/mol. The van der Waals surface area contributed by atoms with Gasteiger partial charge < -0.3 is 4.74 Å². The molecule has 0 N–H and O–H groups in total. The zero-order valence-electron chi connectivity index (χ0n) is 8.56. The van der Waals surface area contributed by atoms with Crippen LogP contribution in [-0.4, -0.2) is 27.6 Å². The third-order valence-electron chi connectivity index (χ3n) is 2.20. The summed E-state index contributed by atoms with van der Waals surface area (Å²) in [5.41, 5.74) is 1.35. The fourth-order valence-electron chi connectivity index (χ4n) is 1.43. The Labute approximate surface area is 72.2 Å². The predicted octanol–water partition coefficient (Wildman–Crippen LogP) is 2.51. The number of ether oxygens (including phenoxy) is 1. The van der Waals surface area contributed by atoms with Gasteiger partial charge in [-0.2, -0.15) is 0 Å². The molecule has 0 spiro atoms. The highest BCUT2D eigenvalue weighted by atomic mass is 28.3. The average molecular weight is 188 g/mol. The second-order valence-corrected chi connectivity index (χ2v) is 16.3. The standard InChI is InChI=1S/C8H20OSi2/c1-10(2,3)7-8(9-7)11(4,5)6/h7-8H,1-6H3/t7-,8-/m1/s1. The minimum Gasteiger partial charge on any atom is -0.377 e. The maximum absolute atomic E-state index is 5.77. The fourth-order valence-corrected chi connectivity index (χ4v) is 7.49. The second-order valence-electron chi connectivity index (χ2n) is 5.71. The summed E-state index contributed by atoms with van der Waals surface area (Å²) in [6, 6.07) is 0. The molecule has 3 heteroatoms. The molecule has 1 aliphatic rings. The zero-order chi connectivity index (χ0) is 8.86. The first-order valence-corrected chi connectivity index (χ1v) is 11.5. The minimum absolute atomic E-state index is 0.675. The lowest BCUT2D eigenvalue weighted by Gasteiger charge is -2.16. The lowest BCUT2D eigenvalue weighted by molar-refractivity contribution is 0.430. The maximum atomic E-state index is 5.77. The Balaban J connectivity index is 2.51. The molecule has 0 bridgehead atoms. The fraction of sp³-hybridized carbons (Fsp3) is 1.00. The molecule has 1 rings (SSSR count). The Morgan fingerprint density at radius 1 is 0.727 bits per heavy atom. The summed E-state index contributed by atoms with van der Waals surface area (Å²) in [5, 5.41) is 0. The molecule has 0 aromatic heterocycles. The van der Waals surface area contributed by atoms with Crippen molar-refractivity contribution in [1.82, 2.24) is 0 Å². The van der Waals surface area contributed by atoms with E-state index in [2.05, 4.69) is 39.3 Å². The number of hydrogen-bond donors (Lipinski definition) is 0. The Kier molecular flexibility index (Phi) is 2.10. The van der Waals surface area contributed by atoms with Crippen molar-refractivity contribution < 1.29 is 4.74 Å². The molecule has 66 valence electrons. The van der Waals surface area contributed by atoms with Crippen LogP contribution in [0.3, 0.4) is 0 Å². The van der Waals surface area contributed by atoms with Crippen LogP contribution in [-0.2, 0) is 4.74 Å². The molecule has 1 fully saturated rings. The minimum atomic E-state index is -0.984. The number of epoxide rings is 1. The molecule has 1 aliphatic heterocycles. The second kappa shape index (κ2) is 2.44. The van der Waals surface area contributed by atoms with E-state index in [1.807, 2.05) is 0 Å². The van der Waals surface area contributed by atoms with Gasteiger partial charge in [-0.15, -0.1) is 0 Å². The van der Waals surface area contributed by atoms with Gasteiger partial charge in [0.25, 0.3) is 0 Å². The molecule has 1 heterocycles. The Morgan fingerprint density at radius 2 is 1.00 bits per heavy atom. The largest absolute Gasteiger partial charge is 0.377 e. The van der Waals surface area contributed by atoms with E-state index in [-0.39, 0.29) is 0 Å². The Morgan fingerprint density at radius 3 is 1.09 bits per heavy atom. The third kappa shape index (κ3) is 2.16. The van der Waals surface area contributed by atoms with E-state index in [9.17, 15) is 0 Å². The van der Waals surface area contributed by atoms with Crippen molar-refractivity contribution in [2.45, 2.75) is 50.7 Å². The monoisotopic (exact) mass is 188 g/mol. The van der Waals surface area contributed by atoms with Gasteiger partial charge in [-0.05, 0) is 0 Å². The summed E-state index contributed by atoms with van der Waals surface area (Å²) in [4.78, 5) is 0. The highest BCUT2D eigenvalue weighted by molar-refractivity contribution is 6.84. The van der Waals surface area contributed by atoms with Gasteiger partial charge in [-0.1, -0.05) is 39.3 Å². The van der Waals surface area contributed by atoms with Crippen molar-refractivity contribution in [3.63, 3.8) is 0 Å². The molecular formula is C8H20OSi2. The third-order valence-corrected chi connectivity index (χ3v) is 6.82. The van der Waals surface area contributed by atoms with E-state index < -0.39 is 16.1 Å². The van der Waals surface area contributed by atoms with E-state index >= 15 is 0 Å². The van der Waals surface area contributed by atoms with Crippen molar-refractivity contribution in [1.29, 1.82) is 0 Å². The molecule has 0 radical (unpaired) electrons. The summed E-state index contributed by atoms with van der Waals surface area (Å²) in [6.07, 6.45) is 0. The van der Waals surface area contributed by atoms with Gasteiger partial charge in [0.1, 0.15) is 0 Å². The quantitative estimate of drug-likeness (QED) is 0.479. The van der Waals surface area contributed by atoms with E-state index in [0.29, 0.717) is 11.5 Å². The van der Waals surface area contributed by atoms with Crippen molar-refractivity contribution >= 4 is 16.1 Å². The van der Waals surface area contributed by atoms with Gasteiger partial charge in [0, 0.05) is 0 Å². The lowest BCUT2D eigenvalue weighted by Crippen LogP contribution is -2.38. The molecule has 1 nitrogen and oxygen atoms in total. The van der Waals surface area contributed by atoms with Crippen molar-refractivity contribution in [3.8, 4) is 0 Å². The number of rotatable bonds is 2. The maximum Gasteiger partial charge on any atom is 0.0815 e. The average Bonchev–Trinajstić information content (AvgIpc) is 2.30. The van der Waals surface area contributed by atoms with Gasteiger partial charge in [0.05, 0.1) is 27.6 Å². The smallest absolute Gasteiger partial charge is 0.0815 e. The van der Waals surface area contributed by atoms with Gasteiger partial charge in [-0.25, -0.2) is 0 Å². The van der Waals surface area contributed by atoms with Crippen molar-refractivity contribution in [3.05, 3.63) is 0 Å². The molecule has 0 aromatic rings. The summed E-state index contributed by atoms with van der Waals surface area (Å²) in [7, 11) is -1.97. The molecule has 0 saturated carbocycles. The van der Waals surface area contributed by atoms with Crippen LogP contribution in [0.15, 0.2) is 0 Å². The topological polar surface area (TPSA) is 12.5 Å². The van der Waals surface area contributed by atoms with Crippen LogP contribution < -0.4 is 0 Å². The summed E-state index contributed by atoms with van der Waals surface area (Å²) < 4.78 is 5.77. The highest BCUT2D eigenvalue weighted by Gasteiger charge is 2.54. The van der Waals surface area contributed by atoms with E-state index in [0.717, 1.165) is 0 Å². The first kappa shape index (κ1) is 9.48. The normalized spacial score (nSPS) is 32.2. The molecule has 0 amide bonds. The van der Waals surface area contributed by atoms with Crippen LogP contribution in [0.4, 0.5) is 0 Å². The van der Waals surface area contributed by atoms with Crippen molar-refractivity contribution in [2.24, 2.45) is 0 Å². The summed E-state index contributed by atoms with van der Waals surface area (Å²) in [6.45, 7) is 14.4. The molecule has 11 heavy (non-hydrogen) atoms. The molecule has 0 unspecified atom stereocenters. The lowest BCUT2D eigenvalue weighted by atomic mass is 10.9. The summed E-state index contributed by atoms with van der Waals surface area (Å²) >= 11 is 0. The highest BCUT2D eigenvalue weighted by Crippen LogP contribution is 2.37. The van der Waals surface area contributed by atoms with Crippen LogP contribution in [0.25, 0.3) is 0 Å². The van der Waals surface area contributed by atoms with Crippen LogP contribution in [0.5, 0.6) is 0 Å². The summed E-state index contributed by atoms with van der Waals surface area (Å²) in [5.74, 6) is 0. The van der Waals surface area contributed by atoms with Crippen LogP contribution in [0.2, 0.25) is 39.3 Å². The Bertz CT molecular complexity index is 136. The van der Waals surface area contributed by atoms with Crippen LogP contribution >= 0.6 is 0 Å². The molecule has 0 aromatic carbocycles.